The van der Waals surface area contributed by atoms with Gasteiger partial charge in [-0.2, -0.15) is 0 Å². The molecule has 6 heteroatoms. The molecule has 2 saturated heterocycles. The van der Waals surface area contributed by atoms with Crippen LogP contribution < -0.4 is 5.32 Å². The molecule has 21 heavy (non-hydrogen) atoms. The smallest absolute Gasteiger partial charge is 0.222 e. The summed E-state index contributed by atoms with van der Waals surface area (Å²) >= 11 is 0. The van der Waals surface area contributed by atoms with Crippen molar-refractivity contribution in [3.8, 4) is 0 Å². The van der Waals surface area contributed by atoms with Crippen molar-refractivity contribution in [1.29, 1.82) is 0 Å². The quantitative estimate of drug-likeness (QED) is 0.917. The van der Waals surface area contributed by atoms with Crippen LogP contribution in [0.3, 0.4) is 0 Å². The summed E-state index contributed by atoms with van der Waals surface area (Å²) in [7, 11) is 0. The van der Waals surface area contributed by atoms with Crippen molar-refractivity contribution in [1.82, 2.24) is 20.4 Å². The maximum atomic E-state index is 11.8. The van der Waals surface area contributed by atoms with E-state index in [1.807, 2.05) is 11.8 Å². The fourth-order valence-electron chi connectivity index (χ4n) is 3.27. The van der Waals surface area contributed by atoms with Gasteiger partial charge in [0.05, 0.1) is 5.92 Å². The number of aromatic nitrogens is 2. The summed E-state index contributed by atoms with van der Waals surface area (Å²) in [5, 5.41) is 11.9. The van der Waals surface area contributed by atoms with Gasteiger partial charge in [-0.25, -0.2) is 0 Å². The van der Waals surface area contributed by atoms with Crippen LogP contribution in [0.15, 0.2) is 4.42 Å². The summed E-state index contributed by atoms with van der Waals surface area (Å²) < 4.78 is 5.92. The maximum absolute atomic E-state index is 11.8. The molecule has 1 aromatic rings. The number of likely N-dealkylation sites (tertiary alicyclic amines) is 1. The van der Waals surface area contributed by atoms with E-state index < -0.39 is 0 Å². The fraction of sp³-hybridized carbons (Fsp3) is 0.800. The zero-order chi connectivity index (χ0) is 14.7. The second-order valence-electron chi connectivity index (χ2n) is 6.05. The summed E-state index contributed by atoms with van der Waals surface area (Å²) in [5.74, 6) is 2.24. The average molecular weight is 292 g/mol. The molecule has 0 bridgehead atoms. The Morgan fingerprint density at radius 3 is 2.76 bits per heavy atom. The van der Waals surface area contributed by atoms with Gasteiger partial charge in [-0.1, -0.05) is 6.92 Å². The summed E-state index contributed by atoms with van der Waals surface area (Å²) in [6.07, 6.45) is 4.87. The molecule has 2 unspecified atom stereocenters. The highest BCUT2D eigenvalue weighted by Crippen LogP contribution is 2.29. The van der Waals surface area contributed by atoms with Gasteiger partial charge in [0.15, 0.2) is 0 Å². The number of nitrogens with zero attached hydrogens (tertiary/aromatic N) is 3. The minimum atomic E-state index is 0.201. The molecule has 1 aromatic heterocycles. The Balaban J connectivity index is 1.66. The number of carbonyl (C=O) groups excluding carboxylic acids is 1. The molecule has 2 atom stereocenters. The third-order valence-electron chi connectivity index (χ3n) is 4.53. The molecular formula is C15H24N4O2. The van der Waals surface area contributed by atoms with E-state index >= 15 is 0 Å². The molecule has 1 amide bonds. The second-order valence-corrected chi connectivity index (χ2v) is 6.05. The largest absolute Gasteiger partial charge is 0.425 e. The van der Waals surface area contributed by atoms with Crippen LogP contribution in [-0.4, -0.2) is 47.2 Å². The molecule has 0 aromatic carbocycles. The maximum Gasteiger partial charge on any atom is 0.222 e. The fourth-order valence-corrected chi connectivity index (χ4v) is 3.27. The first-order chi connectivity index (χ1) is 10.3. The predicted molar refractivity (Wildman–Crippen MR) is 78.0 cm³/mol. The summed E-state index contributed by atoms with van der Waals surface area (Å²) in [6.45, 7) is 5.49. The van der Waals surface area contributed by atoms with Crippen molar-refractivity contribution in [3.05, 3.63) is 11.8 Å². The molecule has 0 saturated carbocycles. The topological polar surface area (TPSA) is 71.3 Å². The molecule has 2 aliphatic rings. The summed E-state index contributed by atoms with van der Waals surface area (Å²) in [6, 6.07) is 0. The van der Waals surface area contributed by atoms with Gasteiger partial charge in [-0.05, 0) is 32.2 Å². The van der Waals surface area contributed by atoms with Gasteiger partial charge < -0.3 is 14.6 Å². The molecule has 3 heterocycles. The Morgan fingerprint density at radius 2 is 2.05 bits per heavy atom. The van der Waals surface area contributed by atoms with Crippen LogP contribution in [-0.2, 0) is 4.79 Å². The Hall–Kier alpha value is -1.43. The van der Waals surface area contributed by atoms with Gasteiger partial charge in [0.2, 0.25) is 17.7 Å². The zero-order valence-corrected chi connectivity index (χ0v) is 12.7. The number of piperidine rings is 2. The van der Waals surface area contributed by atoms with Gasteiger partial charge in [-0.15, -0.1) is 10.2 Å². The molecule has 116 valence electrons. The first-order valence-electron chi connectivity index (χ1n) is 8.09. The van der Waals surface area contributed by atoms with Crippen molar-refractivity contribution in [3.63, 3.8) is 0 Å². The Morgan fingerprint density at radius 1 is 1.29 bits per heavy atom. The van der Waals surface area contributed by atoms with Gasteiger partial charge >= 0.3 is 0 Å². The molecule has 2 fully saturated rings. The van der Waals surface area contributed by atoms with E-state index in [0.29, 0.717) is 18.2 Å². The van der Waals surface area contributed by atoms with Gasteiger partial charge in [0.25, 0.3) is 0 Å². The molecular weight excluding hydrogens is 268 g/mol. The van der Waals surface area contributed by atoms with E-state index in [1.165, 1.54) is 0 Å². The highest BCUT2D eigenvalue weighted by molar-refractivity contribution is 5.75. The van der Waals surface area contributed by atoms with Gasteiger partial charge in [0.1, 0.15) is 0 Å². The van der Waals surface area contributed by atoms with Crippen LogP contribution in [0.2, 0.25) is 0 Å². The van der Waals surface area contributed by atoms with E-state index in [0.717, 1.165) is 57.8 Å². The van der Waals surface area contributed by atoms with E-state index in [4.69, 9.17) is 4.42 Å². The first kappa shape index (κ1) is 14.5. The summed E-state index contributed by atoms with van der Waals surface area (Å²) in [5.41, 5.74) is 0. The molecule has 2 aliphatic heterocycles. The van der Waals surface area contributed by atoms with E-state index in [2.05, 4.69) is 15.5 Å². The standard InChI is InChI=1S/C15H24N4O2/c1-2-13(20)19-8-4-6-12(10-19)15-18-17-14(21-15)11-5-3-7-16-9-11/h11-12,16H,2-10H2,1H3. The normalized spacial score (nSPS) is 26.8. The van der Waals surface area contributed by atoms with E-state index in [9.17, 15) is 4.79 Å². The number of carbonyl (C=O) groups is 1. The lowest BCUT2D eigenvalue weighted by Crippen LogP contribution is -2.38. The highest BCUT2D eigenvalue weighted by Gasteiger charge is 2.29. The van der Waals surface area contributed by atoms with Crippen LogP contribution in [0.25, 0.3) is 0 Å². The van der Waals surface area contributed by atoms with Crippen LogP contribution in [0.5, 0.6) is 0 Å². The zero-order valence-electron chi connectivity index (χ0n) is 12.7. The number of rotatable bonds is 3. The van der Waals surface area contributed by atoms with Crippen LogP contribution in [0.1, 0.15) is 62.6 Å². The molecule has 0 radical (unpaired) electrons. The van der Waals surface area contributed by atoms with Crippen LogP contribution in [0, 0.1) is 0 Å². The summed E-state index contributed by atoms with van der Waals surface area (Å²) in [4.78, 5) is 13.8. The van der Waals surface area contributed by atoms with Crippen molar-refractivity contribution < 1.29 is 9.21 Å². The third kappa shape index (κ3) is 3.26. The van der Waals surface area contributed by atoms with Gasteiger partial charge in [0, 0.05) is 32.0 Å². The van der Waals surface area contributed by atoms with Crippen molar-refractivity contribution >= 4 is 5.91 Å². The minimum absolute atomic E-state index is 0.201. The van der Waals surface area contributed by atoms with Gasteiger partial charge in [-0.3, -0.25) is 4.79 Å². The number of amides is 1. The SMILES string of the molecule is CCC(=O)N1CCCC(c2nnc(C3CCCNC3)o2)C1. The monoisotopic (exact) mass is 292 g/mol. The number of hydrogen-bond donors (Lipinski definition) is 1. The molecule has 6 nitrogen and oxygen atoms in total. The molecule has 0 spiro atoms. The second kappa shape index (κ2) is 6.56. The van der Waals surface area contributed by atoms with Crippen LogP contribution in [0.4, 0.5) is 0 Å². The lowest BCUT2D eigenvalue weighted by molar-refractivity contribution is -0.132. The van der Waals surface area contributed by atoms with Crippen molar-refractivity contribution in [2.45, 2.75) is 50.9 Å². The number of nitrogens with one attached hydrogen (secondary N) is 1. The lowest BCUT2D eigenvalue weighted by Gasteiger charge is -2.30. The average Bonchev–Trinajstić information content (AvgIpc) is 3.05. The minimum Gasteiger partial charge on any atom is -0.425 e. The first-order valence-corrected chi connectivity index (χ1v) is 8.09. The lowest BCUT2D eigenvalue weighted by atomic mass is 9.97. The predicted octanol–water partition coefficient (Wildman–Crippen LogP) is 1.65. The van der Waals surface area contributed by atoms with Crippen molar-refractivity contribution in [2.24, 2.45) is 0 Å². The third-order valence-corrected chi connectivity index (χ3v) is 4.53. The van der Waals surface area contributed by atoms with Crippen molar-refractivity contribution in [2.75, 3.05) is 26.2 Å². The Kier molecular flexibility index (Phi) is 4.53. The number of hydrogen-bond acceptors (Lipinski definition) is 5. The Labute approximate surface area is 125 Å². The van der Waals surface area contributed by atoms with Crippen LogP contribution >= 0.6 is 0 Å². The van der Waals surface area contributed by atoms with E-state index in [-0.39, 0.29) is 11.8 Å². The molecule has 1 N–H and O–H groups in total. The highest BCUT2D eigenvalue weighted by atomic mass is 16.4. The molecule has 3 rings (SSSR count). The molecule has 0 aliphatic carbocycles. The Bertz CT molecular complexity index is 482. The van der Waals surface area contributed by atoms with E-state index in [1.54, 1.807) is 0 Å².